The average Bonchev–Trinajstić information content (AvgIpc) is 3.13. The van der Waals surface area contributed by atoms with Crippen LogP contribution in [0.4, 0.5) is 5.69 Å². The summed E-state index contributed by atoms with van der Waals surface area (Å²) in [6.45, 7) is 0.873. The Morgan fingerprint density at radius 3 is 2.85 bits per heavy atom. The maximum atomic E-state index is 13.3. The fourth-order valence-corrected chi connectivity index (χ4v) is 8.34. The first-order valence-electron chi connectivity index (χ1n) is 10.2. The molecule has 1 amide bonds. The molecular formula is C22H26N2O3. The maximum Gasteiger partial charge on any atom is 0.311 e. The van der Waals surface area contributed by atoms with Gasteiger partial charge in [-0.2, -0.15) is 0 Å². The van der Waals surface area contributed by atoms with E-state index in [2.05, 4.69) is 41.1 Å². The fraction of sp³-hybridized carbons (Fsp3) is 0.636. The third kappa shape index (κ3) is 1.43. The number of methoxy groups -OCH3 is 1. The summed E-state index contributed by atoms with van der Waals surface area (Å²) in [4.78, 5) is 30.9. The van der Waals surface area contributed by atoms with Gasteiger partial charge in [0.2, 0.25) is 5.91 Å². The van der Waals surface area contributed by atoms with Gasteiger partial charge in [-0.3, -0.25) is 9.59 Å². The van der Waals surface area contributed by atoms with Crippen LogP contribution in [0, 0.1) is 11.3 Å². The zero-order valence-electron chi connectivity index (χ0n) is 16.0. The van der Waals surface area contributed by atoms with Crippen molar-refractivity contribution in [1.82, 2.24) is 4.90 Å². The Bertz CT molecular complexity index is 884. The Hall–Kier alpha value is -2.04. The minimum atomic E-state index is -0.349. The third-order valence-corrected chi connectivity index (χ3v) is 8.98. The zero-order valence-corrected chi connectivity index (χ0v) is 16.0. The highest BCUT2D eigenvalue weighted by Gasteiger charge is 2.81. The monoisotopic (exact) mass is 366 g/mol. The van der Waals surface area contributed by atoms with Crippen LogP contribution in [0.15, 0.2) is 24.3 Å². The molecule has 6 aliphatic rings. The molecular weight excluding hydrogens is 340 g/mol. The second-order valence-corrected chi connectivity index (χ2v) is 9.38. The molecule has 3 aliphatic heterocycles. The number of fused-ring (bicyclic) bond motifs is 3. The van der Waals surface area contributed by atoms with Crippen LogP contribution in [-0.2, 0) is 19.7 Å². The molecule has 0 aromatic heterocycles. The van der Waals surface area contributed by atoms with Crippen LogP contribution >= 0.6 is 0 Å². The topological polar surface area (TPSA) is 49.9 Å². The van der Waals surface area contributed by atoms with E-state index in [4.69, 9.17) is 4.74 Å². The van der Waals surface area contributed by atoms with E-state index in [-0.39, 0.29) is 40.2 Å². The number of carbonyl (C=O) groups excluding carboxylic acids is 2. The molecule has 7 rings (SSSR count). The number of esters is 1. The molecule has 5 atom stereocenters. The number of benzene rings is 1. The van der Waals surface area contributed by atoms with Gasteiger partial charge < -0.3 is 14.5 Å². The van der Waals surface area contributed by atoms with E-state index in [0.717, 1.165) is 38.6 Å². The number of para-hydroxylation sites is 1. The number of nitrogens with zero attached hydrogens (tertiary/aromatic N) is 2. The van der Waals surface area contributed by atoms with Crippen molar-refractivity contribution in [3.05, 3.63) is 29.8 Å². The van der Waals surface area contributed by atoms with Gasteiger partial charge >= 0.3 is 5.97 Å². The zero-order chi connectivity index (χ0) is 18.6. The van der Waals surface area contributed by atoms with Gasteiger partial charge in [0, 0.05) is 31.7 Å². The van der Waals surface area contributed by atoms with Crippen molar-refractivity contribution in [1.29, 1.82) is 0 Å². The lowest BCUT2D eigenvalue weighted by atomic mass is 9.38. The van der Waals surface area contributed by atoms with Gasteiger partial charge in [0.05, 0.1) is 24.0 Å². The van der Waals surface area contributed by atoms with Crippen LogP contribution in [0.1, 0.15) is 44.1 Å². The summed E-state index contributed by atoms with van der Waals surface area (Å²) in [5, 5.41) is 0. The van der Waals surface area contributed by atoms with Gasteiger partial charge in [-0.1, -0.05) is 18.2 Å². The van der Waals surface area contributed by atoms with Crippen LogP contribution in [0.3, 0.4) is 0 Å². The van der Waals surface area contributed by atoms with Crippen molar-refractivity contribution in [2.75, 3.05) is 25.6 Å². The summed E-state index contributed by atoms with van der Waals surface area (Å²) < 4.78 is 5.33. The van der Waals surface area contributed by atoms with Crippen molar-refractivity contribution >= 4 is 17.6 Å². The van der Waals surface area contributed by atoms with E-state index in [9.17, 15) is 9.59 Å². The molecule has 3 aliphatic carbocycles. The largest absolute Gasteiger partial charge is 0.469 e. The smallest absolute Gasteiger partial charge is 0.311 e. The molecule has 1 aromatic rings. The van der Waals surface area contributed by atoms with E-state index in [1.807, 2.05) is 0 Å². The van der Waals surface area contributed by atoms with Gasteiger partial charge in [-0.25, -0.2) is 0 Å². The lowest BCUT2D eigenvalue weighted by molar-refractivity contribution is -0.175. The molecule has 3 spiro atoms. The Morgan fingerprint density at radius 2 is 2.04 bits per heavy atom. The van der Waals surface area contributed by atoms with Crippen LogP contribution < -0.4 is 4.90 Å². The molecule has 0 radical (unpaired) electrons. The predicted octanol–water partition coefficient (Wildman–Crippen LogP) is 2.48. The number of piperidine rings is 1. The molecule has 2 bridgehead atoms. The molecule has 5 heteroatoms. The molecule has 5 fully saturated rings. The number of likely N-dealkylation sites (N-methyl/N-ethyl adjacent to an activating group) is 1. The summed E-state index contributed by atoms with van der Waals surface area (Å²) in [7, 11) is 3.65. The normalized spacial score (nSPS) is 43.4. The van der Waals surface area contributed by atoms with E-state index in [0.29, 0.717) is 6.42 Å². The van der Waals surface area contributed by atoms with Gasteiger partial charge in [0.15, 0.2) is 0 Å². The fourth-order valence-electron chi connectivity index (χ4n) is 8.34. The number of ether oxygens (including phenoxy) is 1. The summed E-state index contributed by atoms with van der Waals surface area (Å²) in [6, 6.07) is 8.78. The average molecular weight is 366 g/mol. The van der Waals surface area contributed by atoms with E-state index < -0.39 is 0 Å². The van der Waals surface area contributed by atoms with Crippen LogP contribution in [0.2, 0.25) is 0 Å². The van der Waals surface area contributed by atoms with Gasteiger partial charge in [0.25, 0.3) is 0 Å². The number of carbonyl (C=O) groups is 2. The highest BCUT2D eigenvalue weighted by atomic mass is 16.5. The molecule has 1 aromatic carbocycles. The second kappa shape index (κ2) is 4.68. The minimum Gasteiger partial charge on any atom is -0.469 e. The lowest BCUT2D eigenvalue weighted by Gasteiger charge is -2.69. The summed E-state index contributed by atoms with van der Waals surface area (Å²) >= 11 is 0. The van der Waals surface area contributed by atoms with E-state index in [1.165, 1.54) is 18.4 Å². The molecule has 142 valence electrons. The van der Waals surface area contributed by atoms with E-state index in [1.54, 1.807) is 0 Å². The predicted molar refractivity (Wildman–Crippen MR) is 100 cm³/mol. The minimum absolute atomic E-state index is 0.0588. The van der Waals surface area contributed by atoms with Gasteiger partial charge in [-0.05, 0) is 49.1 Å². The summed E-state index contributed by atoms with van der Waals surface area (Å²) in [5.74, 6) is 0.0183. The Morgan fingerprint density at radius 1 is 1.22 bits per heavy atom. The van der Waals surface area contributed by atoms with Crippen molar-refractivity contribution < 1.29 is 14.3 Å². The first-order chi connectivity index (χ1) is 13.0. The quantitative estimate of drug-likeness (QED) is 0.717. The molecule has 3 heterocycles. The molecule has 2 saturated heterocycles. The number of anilines is 1. The molecule has 0 N–H and O–H groups in total. The summed E-state index contributed by atoms with van der Waals surface area (Å²) in [6.07, 6.45) is 5.64. The maximum absolute atomic E-state index is 13.3. The first-order valence-corrected chi connectivity index (χ1v) is 10.2. The Labute approximate surface area is 159 Å². The standard InChI is InChI=1S/C22H26N2O3/c1-23-16-7-4-3-6-14(16)21-13-17(25)24-11-5-8-20(19(21)24)9-10-22(21,23)15(12-20)18(26)27-2/h3-4,6-7,15,19H,5,8-13H2,1-2H3/t15-,19-,20+,21?,22+/m0/s1. The number of hydrogen-bond donors (Lipinski definition) is 0. The van der Waals surface area contributed by atoms with Crippen LogP contribution in [-0.4, -0.2) is 49.1 Å². The first kappa shape index (κ1) is 16.0. The van der Waals surface area contributed by atoms with Crippen LogP contribution in [0.5, 0.6) is 0 Å². The van der Waals surface area contributed by atoms with Crippen molar-refractivity contribution in [3.63, 3.8) is 0 Å². The molecule has 27 heavy (non-hydrogen) atoms. The van der Waals surface area contributed by atoms with Crippen molar-refractivity contribution in [2.45, 2.75) is 55.5 Å². The van der Waals surface area contributed by atoms with Gasteiger partial charge in [-0.15, -0.1) is 0 Å². The third-order valence-electron chi connectivity index (χ3n) is 8.98. The van der Waals surface area contributed by atoms with Gasteiger partial charge in [0.1, 0.15) is 0 Å². The lowest BCUT2D eigenvalue weighted by Crippen LogP contribution is -2.78. The molecule has 3 saturated carbocycles. The Balaban J connectivity index is 1.70. The van der Waals surface area contributed by atoms with Crippen molar-refractivity contribution in [2.24, 2.45) is 11.3 Å². The molecule has 5 nitrogen and oxygen atoms in total. The number of amides is 1. The summed E-state index contributed by atoms with van der Waals surface area (Å²) in [5.41, 5.74) is 1.91. The number of rotatable bonds is 1. The molecule has 1 unspecified atom stereocenters. The van der Waals surface area contributed by atoms with E-state index >= 15 is 0 Å². The number of hydrogen-bond acceptors (Lipinski definition) is 4. The van der Waals surface area contributed by atoms with Crippen molar-refractivity contribution in [3.8, 4) is 0 Å². The highest BCUT2D eigenvalue weighted by molar-refractivity contribution is 5.89. The Kier molecular flexibility index (Phi) is 2.77. The highest BCUT2D eigenvalue weighted by Crippen LogP contribution is 2.75. The SMILES string of the molecule is COC(=O)[C@@H]1C[C@@]23CCCN4C(=O)CC5(c6ccccc6N(C)[C@]15CC2)[C@@H]43. The second-order valence-electron chi connectivity index (χ2n) is 9.38. The van der Waals surface area contributed by atoms with Crippen LogP contribution in [0.25, 0.3) is 0 Å².